The van der Waals surface area contributed by atoms with Crippen LogP contribution in [0.25, 0.3) is 0 Å². The van der Waals surface area contributed by atoms with Crippen molar-refractivity contribution in [2.75, 3.05) is 5.32 Å². The van der Waals surface area contributed by atoms with E-state index in [2.05, 4.69) is 11.4 Å². The second kappa shape index (κ2) is 6.35. The van der Waals surface area contributed by atoms with E-state index in [-0.39, 0.29) is 5.91 Å². The molecule has 0 fully saturated rings. The minimum absolute atomic E-state index is 0.187. The number of anilines is 1. The van der Waals surface area contributed by atoms with Crippen molar-refractivity contribution in [1.29, 1.82) is 5.26 Å². The van der Waals surface area contributed by atoms with Gasteiger partial charge >= 0.3 is 0 Å². The molecule has 0 unspecified atom stereocenters. The molecule has 0 saturated heterocycles. The Morgan fingerprint density at radius 3 is 2.89 bits per heavy atom. The lowest BCUT2D eigenvalue weighted by molar-refractivity contribution is -0.111. The first-order chi connectivity index (χ1) is 9.26. The molecule has 1 aliphatic carbocycles. The molecule has 0 radical (unpaired) electrons. The van der Waals surface area contributed by atoms with Gasteiger partial charge in [-0.3, -0.25) is 4.79 Å². The SMILES string of the molecule is C/C=C/C=C/C(=O)Nc1sc2c(c1C#N)CCCC2. The van der Waals surface area contributed by atoms with Gasteiger partial charge in [0.15, 0.2) is 0 Å². The summed E-state index contributed by atoms with van der Waals surface area (Å²) >= 11 is 1.55. The third kappa shape index (κ3) is 3.12. The van der Waals surface area contributed by atoms with Gasteiger partial charge in [0.2, 0.25) is 5.91 Å². The van der Waals surface area contributed by atoms with E-state index in [4.69, 9.17) is 0 Å². The molecule has 98 valence electrons. The van der Waals surface area contributed by atoms with Gasteiger partial charge in [0, 0.05) is 11.0 Å². The van der Waals surface area contributed by atoms with Crippen LogP contribution in [0, 0.1) is 11.3 Å². The van der Waals surface area contributed by atoms with Crippen LogP contribution < -0.4 is 5.32 Å². The summed E-state index contributed by atoms with van der Waals surface area (Å²) in [6, 6.07) is 2.23. The Labute approximate surface area is 117 Å². The number of nitriles is 1. The Balaban J connectivity index is 2.19. The van der Waals surface area contributed by atoms with Gasteiger partial charge in [-0.25, -0.2) is 0 Å². The van der Waals surface area contributed by atoms with Crippen LogP contribution >= 0.6 is 11.3 Å². The normalized spacial score (nSPS) is 14.5. The molecule has 0 aliphatic heterocycles. The fourth-order valence-electron chi connectivity index (χ4n) is 2.18. The first-order valence-electron chi connectivity index (χ1n) is 6.41. The number of thiophene rings is 1. The lowest BCUT2D eigenvalue weighted by Crippen LogP contribution is -2.07. The number of nitrogens with zero attached hydrogens (tertiary/aromatic N) is 1. The average molecular weight is 272 g/mol. The highest BCUT2D eigenvalue weighted by molar-refractivity contribution is 7.16. The van der Waals surface area contributed by atoms with Gasteiger partial charge in [-0.15, -0.1) is 11.3 Å². The maximum absolute atomic E-state index is 11.7. The predicted octanol–water partition coefficient (Wildman–Crippen LogP) is 3.57. The van der Waals surface area contributed by atoms with Crippen molar-refractivity contribution in [1.82, 2.24) is 0 Å². The number of hydrogen-bond donors (Lipinski definition) is 1. The zero-order valence-corrected chi connectivity index (χ0v) is 11.7. The molecule has 19 heavy (non-hydrogen) atoms. The standard InChI is InChI=1S/C15H16N2OS/c1-2-3-4-9-14(18)17-15-12(10-16)11-7-5-6-8-13(11)19-15/h2-4,9H,5-8H2,1H3,(H,17,18)/b3-2+,9-4+. The second-order valence-electron chi connectivity index (χ2n) is 4.40. The van der Waals surface area contributed by atoms with Crippen LogP contribution in [0.15, 0.2) is 24.3 Å². The van der Waals surface area contributed by atoms with Gasteiger partial charge in [-0.1, -0.05) is 18.2 Å². The van der Waals surface area contributed by atoms with Crippen LogP contribution in [0.2, 0.25) is 0 Å². The number of aryl methyl sites for hydroxylation is 1. The zero-order valence-electron chi connectivity index (χ0n) is 10.9. The first kappa shape index (κ1) is 13.6. The highest BCUT2D eigenvalue weighted by Gasteiger charge is 2.21. The van der Waals surface area contributed by atoms with Crippen LogP contribution in [0.1, 0.15) is 35.8 Å². The van der Waals surface area contributed by atoms with E-state index in [0.717, 1.165) is 24.8 Å². The molecule has 2 rings (SSSR count). The number of allylic oxidation sites excluding steroid dienone is 3. The molecule has 0 bridgehead atoms. The van der Waals surface area contributed by atoms with Crippen molar-refractivity contribution < 1.29 is 4.79 Å². The van der Waals surface area contributed by atoms with Gasteiger partial charge in [0.25, 0.3) is 0 Å². The summed E-state index contributed by atoms with van der Waals surface area (Å²) in [6.07, 6.45) is 11.1. The number of carbonyl (C=O) groups excluding carboxylic acids is 1. The fraction of sp³-hybridized carbons (Fsp3) is 0.333. The van der Waals surface area contributed by atoms with Gasteiger partial charge < -0.3 is 5.32 Å². The maximum Gasteiger partial charge on any atom is 0.248 e. The Hall–Kier alpha value is -1.86. The van der Waals surface area contributed by atoms with E-state index in [1.54, 1.807) is 23.5 Å². The van der Waals surface area contributed by atoms with Crippen molar-refractivity contribution in [2.45, 2.75) is 32.6 Å². The Bertz CT molecular complexity index is 576. The van der Waals surface area contributed by atoms with E-state index >= 15 is 0 Å². The van der Waals surface area contributed by atoms with Crippen molar-refractivity contribution in [3.8, 4) is 6.07 Å². The Morgan fingerprint density at radius 2 is 2.16 bits per heavy atom. The average Bonchev–Trinajstić information content (AvgIpc) is 2.76. The van der Waals surface area contributed by atoms with Crippen molar-refractivity contribution >= 4 is 22.2 Å². The molecule has 3 nitrogen and oxygen atoms in total. The molecule has 1 aliphatic rings. The number of fused-ring (bicyclic) bond motifs is 1. The zero-order chi connectivity index (χ0) is 13.7. The maximum atomic E-state index is 11.7. The van der Waals surface area contributed by atoms with E-state index in [0.29, 0.717) is 10.6 Å². The van der Waals surface area contributed by atoms with Gasteiger partial charge in [0.1, 0.15) is 11.1 Å². The van der Waals surface area contributed by atoms with Crippen LogP contribution in [-0.2, 0) is 17.6 Å². The van der Waals surface area contributed by atoms with Crippen LogP contribution in [-0.4, -0.2) is 5.91 Å². The Kier molecular flexibility index (Phi) is 4.53. The van der Waals surface area contributed by atoms with E-state index < -0.39 is 0 Å². The number of amides is 1. The van der Waals surface area contributed by atoms with Gasteiger partial charge in [0.05, 0.1) is 5.56 Å². The molecule has 1 amide bonds. The molecule has 0 spiro atoms. The molecule has 0 saturated carbocycles. The number of nitrogens with one attached hydrogen (secondary N) is 1. The summed E-state index contributed by atoms with van der Waals surface area (Å²) < 4.78 is 0. The molecule has 1 N–H and O–H groups in total. The topological polar surface area (TPSA) is 52.9 Å². The summed E-state index contributed by atoms with van der Waals surface area (Å²) in [5, 5.41) is 12.8. The minimum atomic E-state index is -0.187. The smallest absolute Gasteiger partial charge is 0.248 e. The van der Waals surface area contributed by atoms with Crippen molar-refractivity contribution in [3.63, 3.8) is 0 Å². The summed E-state index contributed by atoms with van der Waals surface area (Å²) in [5.41, 5.74) is 1.80. The van der Waals surface area contributed by atoms with E-state index in [1.807, 2.05) is 13.0 Å². The van der Waals surface area contributed by atoms with Gasteiger partial charge in [-0.2, -0.15) is 5.26 Å². The summed E-state index contributed by atoms with van der Waals surface area (Å²) in [5.74, 6) is -0.187. The lowest BCUT2D eigenvalue weighted by atomic mass is 9.96. The summed E-state index contributed by atoms with van der Waals surface area (Å²) in [6.45, 7) is 1.89. The summed E-state index contributed by atoms with van der Waals surface area (Å²) in [4.78, 5) is 13.0. The van der Waals surface area contributed by atoms with Crippen LogP contribution in [0.4, 0.5) is 5.00 Å². The highest BCUT2D eigenvalue weighted by atomic mass is 32.1. The van der Waals surface area contributed by atoms with Crippen molar-refractivity contribution in [2.24, 2.45) is 0 Å². The molecular weight excluding hydrogens is 256 g/mol. The third-order valence-electron chi connectivity index (χ3n) is 3.07. The molecule has 1 aromatic rings. The van der Waals surface area contributed by atoms with Crippen molar-refractivity contribution in [3.05, 3.63) is 40.3 Å². The predicted molar refractivity (Wildman–Crippen MR) is 78.3 cm³/mol. The van der Waals surface area contributed by atoms with Gasteiger partial charge in [-0.05, 0) is 38.2 Å². The molecule has 4 heteroatoms. The minimum Gasteiger partial charge on any atom is -0.313 e. The molecule has 1 aromatic heterocycles. The number of hydrogen-bond acceptors (Lipinski definition) is 3. The Morgan fingerprint density at radius 1 is 1.37 bits per heavy atom. The van der Waals surface area contributed by atoms with Crippen LogP contribution in [0.5, 0.6) is 0 Å². The largest absolute Gasteiger partial charge is 0.313 e. The summed E-state index contributed by atoms with van der Waals surface area (Å²) in [7, 11) is 0. The van der Waals surface area contributed by atoms with E-state index in [9.17, 15) is 10.1 Å². The van der Waals surface area contributed by atoms with E-state index in [1.165, 1.54) is 17.4 Å². The third-order valence-corrected chi connectivity index (χ3v) is 4.28. The molecule has 0 atom stereocenters. The fourth-order valence-corrected chi connectivity index (χ4v) is 3.42. The highest BCUT2D eigenvalue weighted by Crippen LogP contribution is 2.37. The number of rotatable bonds is 3. The number of carbonyl (C=O) groups is 1. The lowest BCUT2D eigenvalue weighted by Gasteiger charge is -2.09. The molecule has 0 aromatic carbocycles. The molecular formula is C15H16N2OS. The second-order valence-corrected chi connectivity index (χ2v) is 5.51. The quantitative estimate of drug-likeness (QED) is 0.675. The monoisotopic (exact) mass is 272 g/mol. The van der Waals surface area contributed by atoms with Crippen LogP contribution in [0.3, 0.4) is 0 Å². The first-order valence-corrected chi connectivity index (χ1v) is 7.23. The molecule has 1 heterocycles.